The highest BCUT2D eigenvalue weighted by atomic mass is 32.1. The van der Waals surface area contributed by atoms with Crippen LogP contribution in [-0.4, -0.2) is 21.2 Å². The number of carbonyl (C=O) groups excluding carboxylic acids is 1. The van der Waals surface area contributed by atoms with Crippen LogP contribution >= 0.6 is 11.7 Å². The number of nitriles is 1. The van der Waals surface area contributed by atoms with Crippen molar-refractivity contribution in [2.45, 2.75) is 0 Å². The molecule has 22 heavy (non-hydrogen) atoms. The van der Waals surface area contributed by atoms with Gasteiger partial charge >= 0.3 is 0 Å². The molecular weight excluding hydrogens is 298 g/mol. The number of nitrogens with zero attached hydrogens (tertiary/aromatic N) is 3. The summed E-state index contributed by atoms with van der Waals surface area (Å²) in [6.45, 7) is 0.125. The highest BCUT2D eigenvalue weighted by molar-refractivity contribution is 7.00. The molecule has 1 amide bonds. The third kappa shape index (κ3) is 3.02. The lowest BCUT2D eigenvalue weighted by Crippen LogP contribution is -2.21. The summed E-state index contributed by atoms with van der Waals surface area (Å²) >= 11 is 1.11. The van der Waals surface area contributed by atoms with E-state index in [1.807, 2.05) is 18.2 Å². The first-order valence-corrected chi connectivity index (χ1v) is 7.24. The van der Waals surface area contributed by atoms with Crippen molar-refractivity contribution in [3.63, 3.8) is 0 Å². The second kappa shape index (κ2) is 6.20. The summed E-state index contributed by atoms with van der Waals surface area (Å²) in [5.41, 5.74) is 3.47. The van der Waals surface area contributed by atoms with Gasteiger partial charge in [-0.2, -0.15) is 14.0 Å². The minimum Gasteiger partial charge on any atom is -0.376 e. The Morgan fingerprint density at radius 1 is 1.18 bits per heavy atom. The number of rotatable bonds is 4. The molecule has 1 aromatic heterocycles. The summed E-state index contributed by atoms with van der Waals surface area (Å²) in [5, 5.41) is 14.6. The summed E-state index contributed by atoms with van der Waals surface area (Å²) in [4.78, 5) is 12.0. The van der Waals surface area contributed by atoms with E-state index in [9.17, 15) is 4.79 Å². The molecule has 0 aliphatic carbocycles. The Balaban J connectivity index is 1.63. The smallest absolute Gasteiger partial charge is 0.243 e. The van der Waals surface area contributed by atoms with E-state index in [0.29, 0.717) is 16.8 Å². The molecule has 2 aromatic carbocycles. The number of benzene rings is 2. The molecule has 7 heteroatoms. The molecule has 0 spiro atoms. The Hall–Kier alpha value is -2.98. The molecule has 2 N–H and O–H groups in total. The first-order chi connectivity index (χ1) is 10.8. The van der Waals surface area contributed by atoms with E-state index in [0.717, 1.165) is 22.9 Å². The fourth-order valence-corrected chi connectivity index (χ4v) is 2.50. The van der Waals surface area contributed by atoms with E-state index in [1.165, 1.54) is 0 Å². The van der Waals surface area contributed by atoms with Crippen molar-refractivity contribution in [3.8, 4) is 6.07 Å². The van der Waals surface area contributed by atoms with Crippen molar-refractivity contribution in [3.05, 3.63) is 48.0 Å². The van der Waals surface area contributed by atoms with Gasteiger partial charge in [0.2, 0.25) is 5.91 Å². The summed E-state index contributed by atoms with van der Waals surface area (Å²) in [7, 11) is 0. The third-order valence-corrected chi connectivity index (χ3v) is 3.57. The van der Waals surface area contributed by atoms with Crippen LogP contribution in [0.15, 0.2) is 42.5 Å². The molecule has 108 valence electrons. The lowest BCUT2D eigenvalue weighted by Gasteiger charge is -2.08. The molecule has 0 saturated carbocycles. The molecule has 0 fully saturated rings. The zero-order valence-electron chi connectivity index (χ0n) is 11.4. The number of aromatic nitrogens is 2. The van der Waals surface area contributed by atoms with Gasteiger partial charge in [0.15, 0.2) is 0 Å². The van der Waals surface area contributed by atoms with Gasteiger partial charge in [-0.1, -0.05) is 6.07 Å². The largest absolute Gasteiger partial charge is 0.376 e. The van der Waals surface area contributed by atoms with Crippen LogP contribution in [0.2, 0.25) is 0 Å². The first-order valence-electron chi connectivity index (χ1n) is 6.51. The molecular formula is C15H11N5OS. The predicted molar refractivity (Wildman–Crippen MR) is 85.7 cm³/mol. The lowest BCUT2D eigenvalue weighted by atomic mass is 10.2. The quantitative estimate of drug-likeness (QED) is 0.773. The highest BCUT2D eigenvalue weighted by Crippen LogP contribution is 2.20. The number of carbonyl (C=O) groups is 1. The van der Waals surface area contributed by atoms with E-state index in [2.05, 4.69) is 19.4 Å². The monoisotopic (exact) mass is 309 g/mol. The Bertz CT molecular complexity index is 850. The molecule has 0 radical (unpaired) electrons. The third-order valence-electron chi connectivity index (χ3n) is 3.03. The Morgan fingerprint density at radius 3 is 2.77 bits per heavy atom. The van der Waals surface area contributed by atoms with Crippen LogP contribution in [0.3, 0.4) is 0 Å². The van der Waals surface area contributed by atoms with Crippen LogP contribution in [0.1, 0.15) is 5.56 Å². The summed E-state index contributed by atoms with van der Waals surface area (Å²) < 4.78 is 8.31. The molecule has 0 aliphatic rings. The van der Waals surface area contributed by atoms with E-state index in [1.54, 1.807) is 30.3 Å². The average Bonchev–Trinajstić information content (AvgIpc) is 3.03. The Kier molecular flexibility index (Phi) is 3.94. The maximum atomic E-state index is 12.0. The van der Waals surface area contributed by atoms with Gasteiger partial charge in [0.25, 0.3) is 0 Å². The lowest BCUT2D eigenvalue weighted by molar-refractivity contribution is -0.114. The first kappa shape index (κ1) is 14.0. The maximum absolute atomic E-state index is 12.0. The van der Waals surface area contributed by atoms with Crippen LogP contribution in [0.5, 0.6) is 0 Å². The van der Waals surface area contributed by atoms with E-state index in [4.69, 9.17) is 5.26 Å². The summed E-state index contributed by atoms with van der Waals surface area (Å²) in [6.07, 6.45) is 0. The van der Waals surface area contributed by atoms with Gasteiger partial charge in [-0.15, -0.1) is 0 Å². The summed E-state index contributed by atoms with van der Waals surface area (Å²) in [6, 6.07) is 14.4. The number of anilines is 2. The van der Waals surface area contributed by atoms with Crippen molar-refractivity contribution < 1.29 is 4.79 Å². The van der Waals surface area contributed by atoms with Crippen molar-refractivity contribution >= 4 is 40.0 Å². The number of amides is 1. The van der Waals surface area contributed by atoms with Gasteiger partial charge < -0.3 is 10.6 Å². The minimum atomic E-state index is -0.176. The average molecular weight is 309 g/mol. The Morgan fingerprint density at radius 2 is 2.00 bits per heavy atom. The van der Waals surface area contributed by atoms with Crippen molar-refractivity contribution in [2.24, 2.45) is 0 Å². The topological polar surface area (TPSA) is 90.7 Å². The molecule has 0 atom stereocenters. The van der Waals surface area contributed by atoms with E-state index >= 15 is 0 Å². The second-order valence-electron chi connectivity index (χ2n) is 4.53. The van der Waals surface area contributed by atoms with Crippen LogP contribution in [0.25, 0.3) is 11.0 Å². The van der Waals surface area contributed by atoms with Gasteiger partial charge in [-0.25, -0.2) is 0 Å². The highest BCUT2D eigenvalue weighted by Gasteiger charge is 2.08. The number of hydrogen-bond acceptors (Lipinski definition) is 6. The minimum absolute atomic E-state index is 0.125. The number of hydrogen-bond donors (Lipinski definition) is 2. The van der Waals surface area contributed by atoms with E-state index in [-0.39, 0.29) is 12.5 Å². The zero-order valence-corrected chi connectivity index (χ0v) is 12.2. The standard InChI is InChI=1S/C15H11N5OS/c16-8-10-4-6-11(7-5-10)17-9-14(21)18-12-2-1-3-13-15(12)20-22-19-13/h1-7,17H,9H2,(H,18,21). The van der Waals surface area contributed by atoms with Crippen molar-refractivity contribution in [1.29, 1.82) is 5.26 Å². The van der Waals surface area contributed by atoms with Gasteiger partial charge in [0.1, 0.15) is 11.0 Å². The van der Waals surface area contributed by atoms with Gasteiger partial charge in [0, 0.05) is 5.69 Å². The fraction of sp³-hybridized carbons (Fsp3) is 0.0667. The van der Waals surface area contributed by atoms with Gasteiger partial charge in [-0.3, -0.25) is 4.79 Å². The van der Waals surface area contributed by atoms with Gasteiger partial charge in [0.05, 0.1) is 35.6 Å². The molecule has 0 unspecified atom stereocenters. The number of nitrogens with one attached hydrogen (secondary N) is 2. The van der Waals surface area contributed by atoms with Gasteiger partial charge in [-0.05, 0) is 36.4 Å². The molecule has 3 rings (SSSR count). The van der Waals surface area contributed by atoms with Crippen molar-refractivity contribution in [1.82, 2.24) is 8.75 Å². The summed E-state index contributed by atoms with van der Waals surface area (Å²) in [5.74, 6) is -0.176. The van der Waals surface area contributed by atoms with Crippen molar-refractivity contribution in [2.75, 3.05) is 17.2 Å². The number of fused-ring (bicyclic) bond motifs is 1. The molecule has 1 heterocycles. The van der Waals surface area contributed by atoms with E-state index < -0.39 is 0 Å². The van der Waals surface area contributed by atoms with Crippen LogP contribution in [0.4, 0.5) is 11.4 Å². The zero-order chi connectivity index (χ0) is 15.4. The maximum Gasteiger partial charge on any atom is 0.243 e. The molecule has 6 nitrogen and oxygen atoms in total. The normalized spacial score (nSPS) is 10.1. The van der Waals surface area contributed by atoms with Crippen LogP contribution in [-0.2, 0) is 4.79 Å². The molecule has 0 aliphatic heterocycles. The second-order valence-corrected chi connectivity index (χ2v) is 5.06. The molecule has 0 saturated heterocycles. The van der Waals surface area contributed by atoms with Crippen LogP contribution in [0, 0.1) is 11.3 Å². The molecule has 0 bridgehead atoms. The fourth-order valence-electron chi connectivity index (χ4n) is 1.95. The Labute approximate surface area is 130 Å². The molecule has 3 aromatic rings. The predicted octanol–water partition coefficient (Wildman–Crippen LogP) is 2.61. The SMILES string of the molecule is N#Cc1ccc(NCC(=O)Nc2cccc3nsnc23)cc1. The van der Waals surface area contributed by atoms with Crippen LogP contribution < -0.4 is 10.6 Å².